The molecule has 0 saturated heterocycles. The number of aromatic nitrogens is 5. The smallest absolute Gasteiger partial charge is 0.242 e. The van der Waals surface area contributed by atoms with Crippen LogP contribution in [0.25, 0.3) is 0 Å². The maximum Gasteiger partial charge on any atom is 0.242 e. The molecule has 2 aromatic rings. The Hall–Kier alpha value is -1.58. The minimum Gasteiger partial charge on any atom is -0.351 e. The lowest BCUT2D eigenvalue weighted by atomic mass is 10.2. The molecule has 0 aliphatic heterocycles. The van der Waals surface area contributed by atoms with E-state index in [1.54, 1.807) is 0 Å². The summed E-state index contributed by atoms with van der Waals surface area (Å²) in [6, 6.07) is 0.746. The maximum atomic E-state index is 4.39. The van der Waals surface area contributed by atoms with E-state index in [9.17, 15) is 0 Å². The van der Waals surface area contributed by atoms with Crippen molar-refractivity contribution in [2.75, 3.05) is 10.6 Å². The molecule has 2 aliphatic rings. The van der Waals surface area contributed by atoms with Crippen molar-refractivity contribution in [3.63, 3.8) is 0 Å². The molecule has 7 nitrogen and oxygen atoms in total. The number of anilines is 2. The normalized spacial score (nSPS) is 23.7. The number of halogens is 1. The van der Waals surface area contributed by atoms with Crippen LogP contribution in [0.4, 0.5) is 11.9 Å². The van der Waals surface area contributed by atoms with Crippen LogP contribution in [0.15, 0.2) is 18.6 Å². The van der Waals surface area contributed by atoms with Crippen LogP contribution in [-0.4, -0.2) is 37.2 Å². The molecule has 23 heavy (non-hydrogen) atoms. The second-order valence-corrected chi connectivity index (χ2v) is 7.45. The zero-order chi connectivity index (χ0) is 15.6. The van der Waals surface area contributed by atoms with Crippen LogP contribution in [0.5, 0.6) is 0 Å². The Balaban J connectivity index is 1.30. The first kappa shape index (κ1) is 15.0. The molecule has 2 N–H and O–H groups in total. The summed E-state index contributed by atoms with van der Waals surface area (Å²) in [5.41, 5.74) is 1.03. The largest absolute Gasteiger partial charge is 0.351 e. The highest BCUT2D eigenvalue weighted by molar-refractivity contribution is 14.1. The molecular formula is C15H18IN7. The van der Waals surface area contributed by atoms with Crippen molar-refractivity contribution in [2.24, 2.45) is 0 Å². The molecule has 2 atom stereocenters. The highest BCUT2D eigenvalue weighted by Gasteiger charge is 2.27. The van der Waals surface area contributed by atoms with E-state index >= 15 is 0 Å². The van der Waals surface area contributed by atoms with Crippen molar-refractivity contribution < 1.29 is 0 Å². The lowest BCUT2D eigenvalue weighted by molar-refractivity contribution is 0.708. The first-order valence-electron chi connectivity index (χ1n) is 7.96. The van der Waals surface area contributed by atoms with Crippen molar-refractivity contribution in [1.29, 1.82) is 0 Å². The van der Waals surface area contributed by atoms with Gasteiger partial charge in [0.1, 0.15) is 0 Å². The summed E-state index contributed by atoms with van der Waals surface area (Å²) in [5, 5.41) is 15.3. The Morgan fingerprint density at radius 1 is 0.826 bits per heavy atom. The molecule has 8 heteroatoms. The van der Waals surface area contributed by atoms with E-state index in [2.05, 4.69) is 58.4 Å². The molecule has 0 amide bonds. The van der Waals surface area contributed by atoms with E-state index in [1.807, 2.05) is 18.6 Å². The molecule has 2 fully saturated rings. The quantitative estimate of drug-likeness (QED) is 0.715. The number of hydrogen-bond acceptors (Lipinski definition) is 7. The van der Waals surface area contributed by atoms with Crippen LogP contribution >= 0.6 is 22.6 Å². The number of rotatable bonds is 5. The number of nitrogens with zero attached hydrogens (tertiary/aromatic N) is 5. The van der Waals surface area contributed by atoms with Gasteiger partial charge in [-0.05, 0) is 54.7 Å². The van der Waals surface area contributed by atoms with Crippen molar-refractivity contribution in [3.8, 4) is 0 Å². The van der Waals surface area contributed by atoms with Crippen molar-refractivity contribution in [2.45, 2.75) is 50.1 Å². The summed E-state index contributed by atoms with van der Waals surface area (Å²) >= 11 is 2.20. The summed E-state index contributed by atoms with van der Waals surface area (Å²) in [6.07, 6.45) is 11.1. The molecule has 2 aliphatic carbocycles. The van der Waals surface area contributed by atoms with Crippen molar-refractivity contribution >= 4 is 34.5 Å². The van der Waals surface area contributed by atoms with Gasteiger partial charge in [-0.1, -0.05) is 0 Å². The van der Waals surface area contributed by atoms with Gasteiger partial charge in [-0.2, -0.15) is 0 Å². The minimum atomic E-state index is 0.366. The van der Waals surface area contributed by atoms with E-state index in [0.717, 1.165) is 28.5 Å². The van der Waals surface area contributed by atoms with E-state index in [0.29, 0.717) is 29.9 Å². The lowest BCUT2D eigenvalue weighted by Gasteiger charge is -2.14. The average Bonchev–Trinajstić information content (AvgIpc) is 3.32. The van der Waals surface area contributed by atoms with Crippen molar-refractivity contribution in [3.05, 3.63) is 27.9 Å². The lowest BCUT2D eigenvalue weighted by Crippen LogP contribution is -2.22. The summed E-state index contributed by atoms with van der Waals surface area (Å²) in [5.74, 6) is 1.92. The first-order valence-corrected chi connectivity index (χ1v) is 9.04. The Morgan fingerprint density at radius 2 is 1.48 bits per heavy atom. The average molecular weight is 423 g/mol. The van der Waals surface area contributed by atoms with Crippen LogP contribution in [0, 0.1) is 3.57 Å². The highest BCUT2D eigenvalue weighted by atomic mass is 127. The molecule has 2 unspecified atom stereocenters. The van der Waals surface area contributed by atoms with Crippen LogP contribution in [-0.2, 0) is 0 Å². The van der Waals surface area contributed by atoms with Gasteiger partial charge in [0.05, 0.1) is 11.9 Å². The fraction of sp³-hybridized carbons (Fsp3) is 0.533. The Morgan fingerprint density at radius 3 is 2.09 bits per heavy atom. The maximum absolute atomic E-state index is 4.39. The van der Waals surface area contributed by atoms with Gasteiger partial charge in [-0.3, -0.25) is 0 Å². The Bertz CT molecular complexity index is 657. The van der Waals surface area contributed by atoms with E-state index in [1.165, 1.54) is 12.8 Å². The number of nitrogens with one attached hydrogen (secondary N) is 2. The topological polar surface area (TPSA) is 88.5 Å². The highest BCUT2D eigenvalue weighted by Crippen LogP contribution is 2.38. The molecule has 2 aromatic heterocycles. The van der Waals surface area contributed by atoms with Gasteiger partial charge in [0.25, 0.3) is 0 Å². The molecule has 2 saturated carbocycles. The summed E-state index contributed by atoms with van der Waals surface area (Å²) in [6.45, 7) is 0. The second kappa shape index (κ2) is 6.50. The predicted molar refractivity (Wildman–Crippen MR) is 95.2 cm³/mol. The molecule has 4 rings (SSSR count). The zero-order valence-corrected chi connectivity index (χ0v) is 14.8. The SMILES string of the molecule is Ic1cnc(NC2CCC(Nc3ncc(C4CC4)nn3)C2)nc1. The van der Waals surface area contributed by atoms with E-state index < -0.39 is 0 Å². The molecule has 0 spiro atoms. The second-order valence-electron chi connectivity index (χ2n) is 6.20. The summed E-state index contributed by atoms with van der Waals surface area (Å²) in [7, 11) is 0. The molecule has 0 radical (unpaired) electrons. The summed E-state index contributed by atoms with van der Waals surface area (Å²) in [4.78, 5) is 13.0. The van der Waals surface area contributed by atoms with Crippen molar-refractivity contribution in [1.82, 2.24) is 25.1 Å². The zero-order valence-electron chi connectivity index (χ0n) is 12.6. The van der Waals surface area contributed by atoms with Crippen LogP contribution in [0.1, 0.15) is 43.7 Å². The predicted octanol–water partition coefficient (Wildman–Crippen LogP) is 2.59. The molecule has 0 bridgehead atoms. The van der Waals surface area contributed by atoms with Gasteiger partial charge in [-0.25, -0.2) is 15.0 Å². The van der Waals surface area contributed by atoms with Gasteiger partial charge >= 0.3 is 0 Å². The standard InChI is InChI=1S/C15H18IN7/c16-10-6-17-14(18-7-10)20-11-3-4-12(5-11)21-15-19-8-13(22-23-15)9-1-2-9/h6-9,11-12H,1-5H2,(H,17,18,20)(H,19,21,23). The molecule has 2 heterocycles. The van der Waals surface area contributed by atoms with Gasteiger partial charge in [0.2, 0.25) is 11.9 Å². The fourth-order valence-corrected chi connectivity index (χ4v) is 3.19. The minimum absolute atomic E-state index is 0.366. The molecular weight excluding hydrogens is 405 g/mol. The molecule has 120 valence electrons. The van der Waals surface area contributed by atoms with Gasteiger partial charge < -0.3 is 10.6 Å². The van der Waals surface area contributed by atoms with E-state index in [-0.39, 0.29) is 0 Å². The Kier molecular flexibility index (Phi) is 4.23. The van der Waals surface area contributed by atoms with Gasteiger partial charge in [0.15, 0.2) is 0 Å². The first-order chi connectivity index (χ1) is 11.3. The fourth-order valence-electron chi connectivity index (χ4n) is 2.91. The third kappa shape index (κ3) is 3.85. The van der Waals surface area contributed by atoms with Gasteiger partial charge in [0, 0.05) is 34.0 Å². The van der Waals surface area contributed by atoms with E-state index in [4.69, 9.17) is 0 Å². The number of hydrogen-bond donors (Lipinski definition) is 2. The summed E-state index contributed by atoms with van der Waals surface area (Å²) < 4.78 is 1.04. The van der Waals surface area contributed by atoms with Gasteiger partial charge in [-0.15, -0.1) is 10.2 Å². The van der Waals surface area contributed by atoms with Crippen LogP contribution in [0.2, 0.25) is 0 Å². The van der Waals surface area contributed by atoms with Crippen LogP contribution in [0.3, 0.4) is 0 Å². The Labute approximate surface area is 148 Å². The third-order valence-electron chi connectivity index (χ3n) is 4.29. The van der Waals surface area contributed by atoms with Crippen LogP contribution < -0.4 is 10.6 Å². The monoisotopic (exact) mass is 423 g/mol. The third-order valence-corrected chi connectivity index (χ3v) is 4.85. The molecule has 0 aromatic carbocycles.